The van der Waals surface area contributed by atoms with Crippen LogP contribution in [0.4, 0.5) is 5.69 Å². The molecular weight excluding hydrogens is 366 g/mol. The number of anilines is 1. The van der Waals surface area contributed by atoms with Gasteiger partial charge in [-0.3, -0.25) is 9.59 Å². The molecule has 2 amide bonds. The average molecular weight is 388 g/mol. The van der Waals surface area contributed by atoms with Gasteiger partial charge >= 0.3 is 0 Å². The monoisotopic (exact) mass is 387 g/mol. The number of halogens is 1. The maximum Gasteiger partial charge on any atom is 0.255 e. The average Bonchev–Trinajstić information content (AvgIpc) is 3.07. The first kappa shape index (κ1) is 19.0. The maximum absolute atomic E-state index is 12.5. The fourth-order valence-electron chi connectivity index (χ4n) is 3.05. The lowest BCUT2D eigenvalue weighted by Gasteiger charge is -2.15. The number of carbonyl (C=O) groups is 2. The highest BCUT2D eigenvalue weighted by atomic mass is 35.5. The fraction of sp³-hybridized carbons (Fsp3) is 0.300. The van der Waals surface area contributed by atoms with Crippen LogP contribution in [0.5, 0.6) is 5.75 Å². The summed E-state index contributed by atoms with van der Waals surface area (Å²) < 4.78 is 5.21. The molecule has 0 unspecified atom stereocenters. The number of carbonyl (C=O) groups excluding carboxylic acids is 2. The highest BCUT2D eigenvalue weighted by Gasteiger charge is 2.20. The van der Waals surface area contributed by atoms with Gasteiger partial charge in [-0.05, 0) is 23.6 Å². The number of nitrogens with two attached hydrogens (primary N) is 1. The van der Waals surface area contributed by atoms with Crippen LogP contribution >= 0.6 is 11.6 Å². The number of rotatable bonds is 6. The van der Waals surface area contributed by atoms with Crippen LogP contribution in [-0.4, -0.2) is 30.4 Å². The molecule has 27 heavy (non-hydrogen) atoms. The first-order valence-electron chi connectivity index (χ1n) is 8.74. The Kier molecular flexibility index (Phi) is 5.86. The molecule has 6 nitrogen and oxygen atoms in total. The summed E-state index contributed by atoms with van der Waals surface area (Å²) in [7, 11) is 1.48. The van der Waals surface area contributed by atoms with Crippen molar-refractivity contribution in [2.75, 3.05) is 19.4 Å². The van der Waals surface area contributed by atoms with Crippen LogP contribution in [0, 0.1) is 0 Å². The van der Waals surface area contributed by atoms with E-state index >= 15 is 0 Å². The maximum atomic E-state index is 12.5. The minimum Gasteiger partial charge on any atom is -0.496 e. The molecule has 2 aromatic rings. The molecule has 1 aliphatic heterocycles. The molecule has 0 spiro atoms. The topological polar surface area (TPSA) is 84.7 Å². The lowest BCUT2D eigenvalue weighted by atomic mass is 10.1. The van der Waals surface area contributed by atoms with Gasteiger partial charge in [0, 0.05) is 32.1 Å². The van der Waals surface area contributed by atoms with Crippen LogP contribution in [0.3, 0.4) is 0 Å². The van der Waals surface area contributed by atoms with Gasteiger partial charge in [0.2, 0.25) is 5.91 Å². The second kappa shape index (κ2) is 8.31. The van der Waals surface area contributed by atoms with Crippen molar-refractivity contribution in [3.05, 3.63) is 58.1 Å². The Morgan fingerprint density at radius 1 is 1.26 bits per heavy atom. The van der Waals surface area contributed by atoms with Crippen molar-refractivity contribution in [3.63, 3.8) is 0 Å². The summed E-state index contributed by atoms with van der Waals surface area (Å²) in [6.07, 6.45) is 1.57. The van der Waals surface area contributed by atoms with E-state index in [2.05, 4.69) is 5.32 Å². The summed E-state index contributed by atoms with van der Waals surface area (Å²) >= 11 is 6.01. The first-order valence-corrected chi connectivity index (χ1v) is 9.12. The molecule has 0 bridgehead atoms. The molecule has 0 aliphatic carbocycles. The fourth-order valence-corrected chi connectivity index (χ4v) is 3.21. The minimum absolute atomic E-state index is 0.211. The molecule has 1 saturated heterocycles. The number of ether oxygens (including phenoxy) is 1. The third-order valence-electron chi connectivity index (χ3n) is 4.58. The lowest BCUT2D eigenvalue weighted by molar-refractivity contribution is -0.128. The second-order valence-electron chi connectivity index (χ2n) is 6.49. The number of nitrogens with one attached hydrogen (secondary N) is 1. The molecule has 3 N–H and O–H groups in total. The third kappa shape index (κ3) is 4.52. The molecule has 0 atom stereocenters. The Hall–Kier alpha value is -2.73. The van der Waals surface area contributed by atoms with E-state index < -0.39 is 0 Å². The first-order chi connectivity index (χ1) is 13.0. The van der Waals surface area contributed by atoms with Crippen LogP contribution in [0.25, 0.3) is 0 Å². The summed E-state index contributed by atoms with van der Waals surface area (Å²) in [5.74, 6) is 0.294. The van der Waals surface area contributed by atoms with Crippen molar-refractivity contribution in [2.45, 2.75) is 25.9 Å². The number of nitrogens with zero attached hydrogens (tertiary/aromatic N) is 1. The highest BCUT2D eigenvalue weighted by molar-refractivity contribution is 6.33. The third-order valence-corrected chi connectivity index (χ3v) is 4.91. The number of benzene rings is 2. The molecule has 1 heterocycles. The summed E-state index contributed by atoms with van der Waals surface area (Å²) in [6.45, 7) is 1.82. The van der Waals surface area contributed by atoms with Gasteiger partial charge in [0.1, 0.15) is 5.75 Å². The van der Waals surface area contributed by atoms with Crippen molar-refractivity contribution in [3.8, 4) is 5.75 Å². The number of amides is 2. The number of nitrogen functional groups attached to an aromatic ring is 1. The van der Waals surface area contributed by atoms with Gasteiger partial charge < -0.3 is 20.7 Å². The largest absolute Gasteiger partial charge is 0.496 e. The van der Waals surface area contributed by atoms with E-state index in [9.17, 15) is 9.59 Å². The Labute approximate surface area is 163 Å². The van der Waals surface area contributed by atoms with Crippen molar-refractivity contribution >= 4 is 29.1 Å². The van der Waals surface area contributed by atoms with Gasteiger partial charge in [-0.2, -0.15) is 0 Å². The van der Waals surface area contributed by atoms with E-state index in [0.717, 1.165) is 24.1 Å². The van der Waals surface area contributed by atoms with Gasteiger partial charge in [0.25, 0.3) is 5.91 Å². The van der Waals surface area contributed by atoms with E-state index in [4.69, 9.17) is 22.1 Å². The SMILES string of the molecule is COc1cc(N)c(Cl)cc1C(=O)NCc1ccc(CN2CCCC2=O)cc1. The second-order valence-corrected chi connectivity index (χ2v) is 6.90. The van der Waals surface area contributed by atoms with Gasteiger partial charge in [-0.15, -0.1) is 0 Å². The van der Waals surface area contributed by atoms with Crippen molar-refractivity contribution < 1.29 is 14.3 Å². The van der Waals surface area contributed by atoms with Crippen molar-refractivity contribution in [2.24, 2.45) is 0 Å². The molecule has 1 aliphatic rings. The summed E-state index contributed by atoms with van der Waals surface area (Å²) in [6, 6.07) is 10.9. The molecule has 3 rings (SSSR count). The van der Waals surface area contributed by atoms with Crippen LogP contribution in [0.2, 0.25) is 5.02 Å². The van der Waals surface area contributed by atoms with E-state index in [1.54, 1.807) is 0 Å². The van der Waals surface area contributed by atoms with Crippen molar-refractivity contribution in [1.29, 1.82) is 0 Å². The molecular formula is C20H22ClN3O3. The zero-order valence-corrected chi connectivity index (χ0v) is 15.9. The predicted octanol–water partition coefficient (Wildman–Crippen LogP) is 2.98. The molecule has 142 valence electrons. The Morgan fingerprint density at radius 2 is 1.96 bits per heavy atom. The van der Waals surface area contributed by atoms with Gasteiger partial charge in [-0.25, -0.2) is 0 Å². The summed E-state index contributed by atoms with van der Waals surface area (Å²) in [5, 5.41) is 3.16. The molecule has 0 saturated carbocycles. The standard InChI is InChI=1S/C20H22ClN3O3/c1-27-18-10-17(22)16(21)9-15(18)20(26)23-11-13-4-6-14(7-5-13)12-24-8-2-3-19(24)25/h4-7,9-10H,2-3,8,11-12,22H2,1H3,(H,23,26). The quantitative estimate of drug-likeness (QED) is 0.746. The molecule has 2 aromatic carbocycles. The van der Waals surface area contributed by atoms with E-state index in [-0.39, 0.29) is 11.8 Å². The van der Waals surface area contributed by atoms with Crippen LogP contribution in [-0.2, 0) is 17.9 Å². The molecule has 1 fully saturated rings. The molecule has 7 heteroatoms. The Bertz CT molecular complexity index is 852. The lowest BCUT2D eigenvalue weighted by Crippen LogP contribution is -2.24. The zero-order chi connectivity index (χ0) is 19.4. The Morgan fingerprint density at radius 3 is 2.59 bits per heavy atom. The number of methoxy groups -OCH3 is 1. The minimum atomic E-state index is -0.291. The van der Waals surface area contributed by atoms with Crippen LogP contribution in [0.1, 0.15) is 34.3 Å². The van der Waals surface area contributed by atoms with E-state index in [0.29, 0.717) is 41.5 Å². The smallest absolute Gasteiger partial charge is 0.255 e. The summed E-state index contributed by atoms with van der Waals surface area (Å²) in [4.78, 5) is 26.0. The van der Waals surface area contributed by atoms with Crippen LogP contribution < -0.4 is 15.8 Å². The zero-order valence-electron chi connectivity index (χ0n) is 15.1. The normalized spacial score (nSPS) is 13.7. The van der Waals surface area contributed by atoms with Gasteiger partial charge in [-0.1, -0.05) is 35.9 Å². The van der Waals surface area contributed by atoms with E-state index in [1.807, 2.05) is 29.2 Å². The van der Waals surface area contributed by atoms with Gasteiger partial charge in [0.05, 0.1) is 23.4 Å². The number of likely N-dealkylation sites (tertiary alicyclic amines) is 1. The van der Waals surface area contributed by atoms with Crippen molar-refractivity contribution in [1.82, 2.24) is 10.2 Å². The number of hydrogen-bond donors (Lipinski definition) is 2. The Balaban J connectivity index is 1.61. The predicted molar refractivity (Wildman–Crippen MR) is 105 cm³/mol. The highest BCUT2D eigenvalue weighted by Crippen LogP contribution is 2.28. The van der Waals surface area contributed by atoms with E-state index in [1.165, 1.54) is 19.2 Å². The van der Waals surface area contributed by atoms with Crippen LogP contribution in [0.15, 0.2) is 36.4 Å². The van der Waals surface area contributed by atoms with Gasteiger partial charge in [0.15, 0.2) is 0 Å². The summed E-state index contributed by atoms with van der Waals surface area (Å²) in [5.41, 5.74) is 8.47. The number of hydrogen-bond acceptors (Lipinski definition) is 4. The molecule has 0 radical (unpaired) electrons. The molecule has 0 aromatic heterocycles.